The molecule has 0 aliphatic heterocycles. The molecular weight excluding hydrogens is 329 g/mol. The van der Waals surface area contributed by atoms with Gasteiger partial charge in [-0.2, -0.15) is 13.2 Å². The van der Waals surface area contributed by atoms with Crippen LogP contribution in [-0.2, 0) is 12.7 Å². The lowest BCUT2D eigenvalue weighted by Crippen LogP contribution is -2.12. The molecule has 0 aliphatic rings. The van der Waals surface area contributed by atoms with Crippen molar-refractivity contribution in [2.75, 3.05) is 5.32 Å². The molecule has 0 aliphatic carbocycles. The Morgan fingerprint density at radius 3 is 2.29 bits per heavy atom. The second-order valence-electron chi connectivity index (χ2n) is 4.28. The highest BCUT2D eigenvalue weighted by molar-refractivity contribution is 6.42. The van der Waals surface area contributed by atoms with Crippen molar-refractivity contribution >= 4 is 28.9 Å². The molecular formula is C14H9Cl2F4N. The molecule has 112 valence electrons. The zero-order valence-electron chi connectivity index (χ0n) is 10.4. The fraction of sp³-hybridized carbons (Fsp3) is 0.143. The summed E-state index contributed by atoms with van der Waals surface area (Å²) < 4.78 is 51.5. The van der Waals surface area contributed by atoms with Gasteiger partial charge in [-0.1, -0.05) is 29.3 Å². The Bertz CT molecular complexity index is 656. The quantitative estimate of drug-likeness (QED) is 0.701. The molecule has 21 heavy (non-hydrogen) atoms. The summed E-state index contributed by atoms with van der Waals surface area (Å²) in [4.78, 5) is 0. The van der Waals surface area contributed by atoms with Crippen LogP contribution in [0, 0.1) is 5.82 Å². The van der Waals surface area contributed by atoms with Gasteiger partial charge in [0.25, 0.3) is 0 Å². The van der Waals surface area contributed by atoms with Crippen LogP contribution < -0.4 is 5.32 Å². The summed E-state index contributed by atoms with van der Waals surface area (Å²) in [6.45, 7) is -0.118. The van der Waals surface area contributed by atoms with Gasteiger partial charge < -0.3 is 5.32 Å². The highest BCUT2D eigenvalue weighted by Gasteiger charge is 2.33. The highest BCUT2D eigenvalue weighted by atomic mass is 35.5. The Morgan fingerprint density at radius 1 is 0.952 bits per heavy atom. The molecule has 2 aromatic rings. The fourth-order valence-electron chi connectivity index (χ4n) is 1.77. The molecule has 0 unspecified atom stereocenters. The topological polar surface area (TPSA) is 12.0 Å². The molecule has 0 saturated carbocycles. The van der Waals surface area contributed by atoms with Gasteiger partial charge in [-0.05, 0) is 35.9 Å². The number of alkyl halides is 3. The zero-order valence-corrected chi connectivity index (χ0v) is 12.0. The van der Waals surface area contributed by atoms with E-state index in [0.717, 1.165) is 12.1 Å². The van der Waals surface area contributed by atoms with Gasteiger partial charge in [-0.3, -0.25) is 0 Å². The molecule has 2 rings (SSSR count). The van der Waals surface area contributed by atoms with E-state index in [2.05, 4.69) is 5.32 Å². The first-order valence-electron chi connectivity index (χ1n) is 5.82. The monoisotopic (exact) mass is 337 g/mol. The lowest BCUT2D eigenvalue weighted by molar-refractivity contribution is -0.138. The van der Waals surface area contributed by atoms with Crippen molar-refractivity contribution in [3.8, 4) is 0 Å². The Kier molecular flexibility index (Phi) is 4.64. The fourth-order valence-corrected chi connectivity index (χ4v) is 2.07. The molecule has 0 bridgehead atoms. The van der Waals surface area contributed by atoms with Gasteiger partial charge in [0, 0.05) is 12.2 Å². The number of anilines is 1. The lowest BCUT2D eigenvalue weighted by Gasteiger charge is -2.14. The Balaban J connectivity index is 2.22. The summed E-state index contributed by atoms with van der Waals surface area (Å²) in [5.41, 5.74) is -0.549. The summed E-state index contributed by atoms with van der Waals surface area (Å²) in [6, 6.07) is 7.18. The highest BCUT2D eigenvalue weighted by Crippen LogP contribution is 2.33. The number of hydrogen-bond donors (Lipinski definition) is 1. The normalized spacial score (nSPS) is 11.5. The Hall–Kier alpha value is -1.46. The summed E-state index contributed by atoms with van der Waals surface area (Å²) in [5.74, 6) is -0.930. The lowest BCUT2D eigenvalue weighted by atomic mass is 10.1. The minimum Gasteiger partial charge on any atom is -0.381 e. The molecule has 7 heteroatoms. The molecule has 1 N–H and O–H groups in total. The number of nitrogens with one attached hydrogen (secondary N) is 1. The largest absolute Gasteiger partial charge is 0.416 e. The van der Waals surface area contributed by atoms with Gasteiger partial charge in [-0.25, -0.2) is 4.39 Å². The van der Waals surface area contributed by atoms with Crippen molar-refractivity contribution in [3.05, 3.63) is 63.4 Å². The number of halogens is 6. The second kappa shape index (κ2) is 6.12. The number of hydrogen-bond acceptors (Lipinski definition) is 1. The first-order chi connectivity index (χ1) is 9.77. The first-order valence-corrected chi connectivity index (χ1v) is 6.57. The van der Waals surface area contributed by atoms with Gasteiger partial charge in [-0.15, -0.1) is 0 Å². The standard InChI is InChI=1S/C14H9Cl2F4N/c15-12-4-3-10(6-13(12)16)21-7-8-1-2-9(17)5-11(8)14(18,19)20/h1-6,21H,7H2. The van der Waals surface area contributed by atoms with Crippen molar-refractivity contribution in [3.63, 3.8) is 0 Å². The molecule has 0 radical (unpaired) electrons. The van der Waals surface area contributed by atoms with E-state index >= 15 is 0 Å². The maximum absolute atomic E-state index is 13.0. The van der Waals surface area contributed by atoms with Gasteiger partial charge in [0.05, 0.1) is 15.6 Å². The first kappa shape index (κ1) is 15.9. The van der Waals surface area contributed by atoms with Crippen LogP contribution in [0.4, 0.5) is 23.2 Å². The van der Waals surface area contributed by atoms with E-state index in [-0.39, 0.29) is 17.1 Å². The minimum absolute atomic E-state index is 0.0602. The van der Waals surface area contributed by atoms with Gasteiger partial charge >= 0.3 is 6.18 Å². The van der Waals surface area contributed by atoms with Crippen LogP contribution in [0.1, 0.15) is 11.1 Å². The number of benzene rings is 2. The van der Waals surface area contributed by atoms with E-state index in [1.807, 2.05) is 0 Å². The summed E-state index contributed by atoms with van der Waals surface area (Å²) in [7, 11) is 0. The maximum atomic E-state index is 13.0. The van der Waals surface area contributed by atoms with Crippen LogP contribution >= 0.6 is 23.2 Å². The van der Waals surface area contributed by atoms with E-state index in [1.54, 1.807) is 6.07 Å². The molecule has 0 amide bonds. The molecule has 0 saturated heterocycles. The van der Waals surface area contributed by atoms with E-state index in [4.69, 9.17) is 23.2 Å². The molecule has 0 heterocycles. The molecule has 0 spiro atoms. The van der Waals surface area contributed by atoms with Crippen LogP contribution in [0.2, 0.25) is 10.0 Å². The van der Waals surface area contributed by atoms with Gasteiger partial charge in [0.2, 0.25) is 0 Å². The van der Waals surface area contributed by atoms with Crippen molar-refractivity contribution < 1.29 is 17.6 Å². The van der Waals surface area contributed by atoms with Gasteiger partial charge in [0.1, 0.15) is 5.82 Å². The Labute approximate surface area is 128 Å². The average Bonchev–Trinajstić information content (AvgIpc) is 2.40. The summed E-state index contributed by atoms with van der Waals surface area (Å²) in [6.07, 6.45) is -4.61. The van der Waals surface area contributed by atoms with E-state index in [0.29, 0.717) is 16.8 Å². The predicted octanol–water partition coefficient (Wildman–Crippen LogP) is 5.76. The van der Waals surface area contributed by atoms with Crippen molar-refractivity contribution in [1.29, 1.82) is 0 Å². The van der Waals surface area contributed by atoms with Gasteiger partial charge in [0.15, 0.2) is 0 Å². The third-order valence-electron chi connectivity index (χ3n) is 2.78. The van der Waals surface area contributed by atoms with Crippen LogP contribution in [0.15, 0.2) is 36.4 Å². The van der Waals surface area contributed by atoms with Crippen LogP contribution in [0.3, 0.4) is 0 Å². The minimum atomic E-state index is -4.61. The maximum Gasteiger partial charge on any atom is 0.416 e. The zero-order chi connectivity index (χ0) is 15.6. The summed E-state index contributed by atoms with van der Waals surface area (Å²) in [5, 5.41) is 3.43. The third-order valence-corrected chi connectivity index (χ3v) is 3.52. The van der Waals surface area contributed by atoms with E-state index in [9.17, 15) is 17.6 Å². The number of rotatable bonds is 3. The average molecular weight is 338 g/mol. The molecule has 0 fully saturated rings. The van der Waals surface area contributed by atoms with E-state index < -0.39 is 17.6 Å². The van der Waals surface area contributed by atoms with Crippen LogP contribution in [0.25, 0.3) is 0 Å². The van der Waals surface area contributed by atoms with Crippen LogP contribution in [0.5, 0.6) is 0 Å². The molecule has 2 aromatic carbocycles. The SMILES string of the molecule is Fc1ccc(CNc2ccc(Cl)c(Cl)c2)c(C(F)(F)F)c1. The van der Waals surface area contributed by atoms with Crippen molar-refractivity contribution in [1.82, 2.24) is 0 Å². The second-order valence-corrected chi connectivity index (χ2v) is 5.10. The summed E-state index contributed by atoms with van der Waals surface area (Å²) >= 11 is 11.6. The van der Waals surface area contributed by atoms with Crippen molar-refractivity contribution in [2.45, 2.75) is 12.7 Å². The van der Waals surface area contributed by atoms with E-state index in [1.165, 1.54) is 12.1 Å². The predicted molar refractivity (Wildman–Crippen MR) is 75.2 cm³/mol. The molecule has 0 atom stereocenters. The van der Waals surface area contributed by atoms with Crippen LogP contribution in [-0.4, -0.2) is 0 Å². The van der Waals surface area contributed by atoms with Crippen molar-refractivity contribution in [2.24, 2.45) is 0 Å². The Morgan fingerprint density at radius 2 is 1.67 bits per heavy atom. The molecule has 1 nitrogen and oxygen atoms in total. The molecule has 0 aromatic heterocycles. The third kappa shape index (κ3) is 4.02. The smallest absolute Gasteiger partial charge is 0.381 e.